The molecule has 3 aromatic rings. The fourth-order valence-corrected chi connectivity index (χ4v) is 2.82. The minimum atomic E-state index is -0.224. The summed E-state index contributed by atoms with van der Waals surface area (Å²) in [7, 11) is 1.53. The number of benzene rings is 2. The Balaban J connectivity index is 1.71. The van der Waals surface area contributed by atoms with E-state index >= 15 is 0 Å². The maximum atomic E-state index is 12.5. The zero-order valence-electron chi connectivity index (χ0n) is 13.5. The van der Waals surface area contributed by atoms with Crippen molar-refractivity contribution in [3.63, 3.8) is 0 Å². The van der Waals surface area contributed by atoms with Crippen molar-refractivity contribution in [3.8, 4) is 5.75 Å². The van der Waals surface area contributed by atoms with Crippen molar-refractivity contribution < 1.29 is 13.9 Å². The van der Waals surface area contributed by atoms with Crippen LogP contribution in [-0.2, 0) is 6.42 Å². The van der Waals surface area contributed by atoms with Gasteiger partial charge in [-0.2, -0.15) is 0 Å². The molecular weight excluding hydrogens is 326 g/mol. The summed E-state index contributed by atoms with van der Waals surface area (Å²) >= 11 is 5.98. The monoisotopic (exact) mass is 343 g/mol. The van der Waals surface area contributed by atoms with E-state index in [4.69, 9.17) is 20.8 Å². The molecule has 0 aliphatic heterocycles. The van der Waals surface area contributed by atoms with Gasteiger partial charge in [0.1, 0.15) is 17.1 Å². The van der Waals surface area contributed by atoms with Gasteiger partial charge in [-0.15, -0.1) is 0 Å². The topological polar surface area (TPSA) is 51.5 Å². The minimum absolute atomic E-state index is 0.0956. The molecular formula is C19H18ClNO3. The molecule has 0 saturated carbocycles. The first-order chi connectivity index (χ1) is 11.6. The zero-order valence-corrected chi connectivity index (χ0v) is 14.3. The van der Waals surface area contributed by atoms with Crippen LogP contribution in [0.25, 0.3) is 11.0 Å². The van der Waals surface area contributed by atoms with Crippen molar-refractivity contribution in [1.82, 2.24) is 5.32 Å². The van der Waals surface area contributed by atoms with Crippen LogP contribution < -0.4 is 10.1 Å². The van der Waals surface area contributed by atoms with Gasteiger partial charge in [-0.25, -0.2) is 0 Å². The van der Waals surface area contributed by atoms with Gasteiger partial charge >= 0.3 is 0 Å². The van der Waals surface area contributed by atoms with E-state index in [0.717, 1.165) is 16.7 Å². The number of carbonyl (C=O) groups excluding carboxylic acids is 1. The summed E-state index contributed by atoms with van der Waals surface area (Å²) in [5.41, 5.74) is 1.27. The predicted octanol–water partition coefficient (Wildman–Crippen LogP) is 4.46. The van der Waals surface area contributed by atoms with Gasteiger partial charge in [-0.1, -0.05) is 29.8 Å². The molecule has 0 spiro atoms. The van der Waals surface area contributed by atoms with Crippen molar-refractivity contribution in [1.29, 1.82) is 0 Å². The van der Waals surface area contributed by atoms with Gasteiger partial charge < -0.3 is 14.5 Å². The second-order valence-corrected chi connectivity index (χ2v) is 6.11. The van der Waals surface area contributed by atoms with Gasteiger partial charge in [0.05, 0.1) is 12.7 Å². The number of methoxy groups -OCH3 is 1. The number of hydrogen-bond donors (Lipinski definition) is 1. The normalized spacial score (nSPS) is 12.1. The van der Waals surface area contributed by atoms with E-state index in [9.17, 15) is 4.79 Å². The SMILES string of the molecule is COc1ccc(Cl)cc1C(=O)NC(C)Cc1cc2ccccc2o1. The molecule has 24 heavy (non-hydrogen) atoms. The fourth-order valence-electron chi connectivity index (χ4n) is 2.65. The highest BCUT2D eigenvalue weighted by Gasteiger charge is 2.16. The highest BCUT2D eigenvalue weighted by molar-refractivity contribution is 6.31. The minimum Gasteiger partial charge on any atom is -0.496 e. The number of ether oxygens (including phenoxy) is 1. The number of hydrogen-bond acceptors (Lipinski definition) is 3. The molecule has 1 atom stereocenters. The van der Waals surface area contributed by atoms with Crippen LogP contribution in [-0.4, -0.2) is 19.1 Å². The van der Waals surface area contributed by atoms with Gasteiger partial charge in [0.25, 0.3) is 5.91 Å². The Hall–Kier alpha value is -2.46. The lowest BCUT2D eigenvalue weighted by Gasteiger charge is -2.14. The molecule has 0 aliphatic carbocycles. The van der Waals surface area contributed by atoms with Crippen LogP contribution in [0.15, 0.2) is 52.9 Å². The maximum absolute atomic E-state index is 12.5. The Morgan fingerprint density at radius 1 is 1.25 bits per heavy atom. The summed E-state index contributed by atoms with van der Waals surface area (Å²) in [5, 5.41) is 4.50. The summed E-state index contributed by atoms with van der Waals surface area (Å²) in [6.45, 7) is 1.93. The number of halogens is 1. The van der Waals surface area contributed by atoms with Crippen molar-refractivity contribution in [2.45, 2.75) is 19.4 Å². The van der Waals surface area contributed by atoms with Crippen LogP contribution >= 0.6 is 11.6 Å². The molecule has 1 unspecified atom stereocenters. The summed E-state index contributed by atoms with van der Waals surface area (Å²) in [5.74, 6) is 1.10. The Labute approximate surface area is 145 Å². The van der Waals surface area contributed by atoms with Crippen LogP contribution in [0.4, 0.5) is 0 Å². The standard InChI is InChI=1S/C19H18ClNO3/c1-12(9-15-10-13-5-3-4-6-17(13)24-15)21-19(22)16-11-14(20)7-8-18(16)23-2/h3-8,10-12H,9H2,1-2H3,(H,21,22). The van der Waals surface area contributed by atoms with Crippen molar-refractivity contribution in [2.24, 2.45) is 0 Å². The molecule has 5 heteroatoms. The van der Waals surface area contributed by atoms with Gasteiger partial charge in [0, 0.05) is 22.9 Å². The summed E-state index contributed by atoms with van der Waals surface area (Å²) < 4.78 is 11.0. The first kappa shape index (κ1) is 16.4. The summed E-state index contributed by atoms with van der Waals surface area (Å²) in [4.78, 5) is 12.5. The van der Waals surface area contributed by atoms with E-state index in [2.05, 4.69) is 5.32 Å². The lowest BCUT2D eigenvalue weighted by Crippen LogP contribution is -2.34. The molecule has 1 aromatic heterocycles. The Bertz CT molecular complexity index is 839. The third-order valence-electron chi connectivity index (χ3n) is 3.77. The molecule has 3 rings (SSSR count). The quantitative estimate of drug-likeness (QED) is 0.744. The largest absolute Gasteiger partial charge is 0.496 e. The molecule has 0 saturated heterocycles. The zero-order chi connectivity index (χ0) is 17.1. The van der Waals surface area contributed by atoms with Crippen molar-refractivity contribution in [2.75, 3.05) is 7.11 Å². The Kier molecular flexibility index (Phi) is 4.76. The molecule has 1 heterocycles. The highest BCUT2D eigenvalue weighted by Crippen LogP contribution is 2.23. The molecule has 2 aromatic carbocycles. The second-order valence-electron chi connectivity index (χ2n) is 5.67. The highest BCUT2D eigenvalue weighted by atomic mass is 35.5. The number of furan rings is 1. The summed E-state index contributed by atoms with van der Waals surface area (Å²) in [6.07, 6.45) is 0.600. The van der Waals surface area contributed by atoms with E-state index in [0.29, 0.717) is 22.8 Å². The molecule has 124 valence electrons. The second kappa shape index (κ2) is 6.97. The third kappa shape index (κ3) is 3.54. The van der Waals surface area contributed by atoms with Crippen LogP contribution in [0.2, 0.25) is 5.02 Å². The van der Waals surface area contributed by atoms with Gasteiger partial charge in [-0.05, 0) is 37.3 Å². The number of para-hydroxylation sites is 1. The third-order valence-corrected chi connectivity index (χ3v) is 4.00. The van der Waals surface area contributed by atoms with E-state index < -0.39 is 0 Å². The molecule has 4 nitrogen and oxygen atoms in total. The van der Waals surface area contributed by atoms with Gasteiger partial charge in [-0.3, -0.25) is 4.79 Å². The first-order valence-electron chi connectivity index (χ1n) is 7.68. The van der Waals surface area contributed by atoms with E-state index in [1.54, 1.807) is 18.2 Å². The first-order valence-corrected chi connectivity index (χ1v) is 8.06. The summed E-state index contributed by atoms with van der Waals surface area (Å²) in [6, 6.07) is 14.7. The van der Waals surface area contributed by atoms with Crippen LogP contribution in [0.1, 0.15) is 23.0 Å². The van der Waals surface area contributed by atoms with E-state index in [1.807, 2.05) is 37.3 Å². The number of fused-ring (bicyclic) bond motifs is 1. The fraction of sp³-hybridized carbons (Fsp3) is 0.211. The maximum Gasteiger partial charge on any atom is 0.255 e. The molecule has 1 amide bonds. The lowest BCUT2D eigenvalue weighted by molar-refractivity contribution is 0.0936. The smallest absolute Gasteiger partial charge is 0.255 e. The van der Waals surface area contributed by atoms with Crippen LogP contribution in [0.5, 0.6) is 5.75 Å². The Morgan fingerprint density at radius 3 is 2.79 bits per heavy atom. The molecule has 0 radical (unpaired) electrons. The van der Waals surface area contributed by atoms with E-state index in [1.165, 1.54) is 7.11 Å². The molecule has 0 fully saturated rings. The van der Waals surface area contributed by atoms with E-state index in [-0.39, 0.29) is 11.9 Å². The van der Waals surface area contributed by atoms with Crippen LogP contribution in [0.3, 0.4) is 0 Å². The number of nitrogens with one attached hydrogen (secondary N) is 1. The predicted molar refractivity (Wildman–Crippen MR) is 94.9 cm³/mol. The van der Waals surface area contributed by atoms with Crippen LogP contribution in [0, 0.1) is 0 Å². The number of rotatable bonds is 5. The lowest BCUT2D eigenvalue weighted by atomic mass is 10.1. The average molecular weight is 344 g/mol. The van der Waals surface area contributed by atoms with Crippen molar-refractivity contribution >= 4 is 28.5 Å². The van der Waals surface area contributed by atoms with Gasteiger partial charge in [0.2, 0.25) is 0 Å². The average Bonchev–Trinajstić information content (AvgIpc) is 2.96. The molecule has 1 N–H and O–H groups in total. The van der Waals surface area contributed by atoms with Gasteiger partial charge in [0.15, 0.2) is 0 Å². The number of amides is 1. The molecule has 0 aliphatic rings. The van der Waals surface area contributed by atoms with Crippen molar-refractivity contribution in [3.05, 3.63) is 64.9 Å². The Morgan fingerprint density at radius 2 is 2.04 bits per heavy atom. The molecule has 0 bridgehead atoms. The number of carbonyl (C=O) groups is 1.